The largest absolute Gasteiger partial charge is 0.370 e. The molecule has 1 amide bonds. The van der Waals surface area contributed by atoms with Crippen molar-refractivity contribution < 1.29 is 4.79 Å². The van der Waals surface area contributed by atoms with Crippen LogP contribution in [0.15, 0.2) is 36.4 Å². The molecule has 1 aliphatic carbocycles. The van der Waals surface area contributed by atoms with E-state index in [1.54, 1.807) is 0 Å². The van der Waals surface area contributed by atoms with Crippen LogP contribution in [0.1, 0.15) is 53.5 Å². The van der Waals surface area contributed by atoms with Gasteiger partial charge in [-0.25, -0.2) is 0 Å². The number of amides is 1. The molecule has 0 aliphatic heterocycles. The first-order chi connectivity index (χ1) is 12.0. The van der Waals surface area contributed by atoms with Crippen molar-refractivity contribution in [2.45, 2.75) is 37.6 Å². The van der Waals surface area contributed by atoms with Crippen LogP contribution >= 0.6 is 23.2 Å². The van der Waals surface area contributed by atoms with E-state index in [0.29, 0.717) is 28.9 Å². The second-order valence-corrected chi connectivity index (χ2v) is 7.39. The summed E-state index contributed by atoms with van der Waals surface area (Å²) in [4.78, 5) is 11.1. The summed E-state index contributed by atoms with van der Waals surface area (Å²) in [6, 6.07) is 12.7. The molecule has 3 N–H and O–H groups in total. The highest BCUT2D eigenvalue weighted by atomic mass is 35.5. The van der Waals surface area contributed by atoms with Gasteiger partial charge in [0.2, 0.25) is 5.91 Å². The van der Waals surface area contributed by atoms with Gasteiger partial charge >= 0.3 is 0 Å². The smallest absolute Gasteiger partial charge is 0.217 e. The summed E-state index contributed by atoms with van der Waals surface area (Å²) in [7, 11) is 1.99. The molecule has 0 aromatic heterocycles. The highest BCUT2D eigenvalue weighted by Gasteiger charge is 2.28. The maximum atomic E-state index is 11.1. The molecular formula is C20H22Cl2N2O. The summed E-state index contributed by atoms with van der Waals surface area (Å²) in [5.41, 5.74) is 10.2. The highest BCUT2D eigenvalue weighted by molar-refractivity contribution is 6.42. The van der Waals surface area contributed by atoms with Gasteiger partial charge in [0.15, 0.2) is 0 Å². The lowest BCUT2D eigenvalue weighted by Gasteiger charge is -2.32. The van der Waals surface area contributed by atoms with Crippen LogP contribution in [0.25, 0.3) is 0 Å². The summed E-state index contributed by atoms with van der Waals surface area (Å²) >= 11 is 12.3. The van der Waals surface area contributed by atoms with Crippen LogP contribution in [-0.4, -0.2) is 13.0 Å². The van der Waals surface area contributed by atoms with Crippen LogP contribution in [0.3, 0.4) is 0 Å². The lowest BCUT2D eigenvalue weighted by Crippen LogP contribution is -2.24. The SMILES string of the molecule is CN[C@H]1CC[C@@H](c2ccc(Cl)c(Cl)c2)c2cc(CCC(N)=O)ccc21. The van der Waals surface area contributed by atoms with Gasteiger partial charge in [-0.05, 0) is 60.7 Å². The number of nitrogens with one attached hydrogen (secondary N) is 1. The van der Waals surface area contributed by atoms with Crippen molar-refractivity contribution in [2.24, 2.45) is 5.73 Å². The zero-order chi connectivity index (χ0) is 18.0. The topological polar surface area (TPSA) is 55.1 Å². The Kier molecular flexibility index (Phi) is 5.67. The zero-order valence-electron chi connectivity index (χ0n) is 14.2. The zero-order valence-corrected chi connectivity index (χ0v) is 15.7. The number of carbonyl (C=O) groups excluding carboxylic acids is 1. The van der Waals surface area contributed by atoms with Crippen LogP contribution in [0, 0.1) is 0 Å². The molecule has 2 aromatic rings. The minimum absolute atomic E-state index is 0.271. The van der Waals surface area contributed by atoms with Crippen LogP contribution in [-0.2, 0) is 11.2 Å². The highest BCUT2D eigenvalue weighted by Crippen LogP contribution is 2.42. The third-order valence-electron chi connectivity index (χ3n) is 5.00. The maximum absolute atomic E-state index is 11.1. The minimum Gasteiger partial charge on any atom is -0.370 e. The first kappa shape index (κ1) is 18.2. The van der Waals surface area contributed by atoms with E-state index in [1.807, 2.05) is 19.2 Å². The van der Waals surface area contributed by atoms with Gasteiger partial charge < -0.3 is 11.1 Å². The number of halogens is 2. The van der Waals surface area contributed by atoms with E-state index >= 15 is 0 Å². The molecule has 2 atom stereocenters. The summed E-state index contributed by atoms with van der Waals surface area (Å²) in [5.74, 6) is 0.00903. The van der Waals surface area contributed by atoms with Crippen molar-refractivity contribution in [2.75, 3.05) is 7.05 Å². The molecule has 3 nitrogen and oxygen atoms in total. The van der Waals surface area contributed by atoms with E-state index in [0.717, 1.165) is 18.4 Å². The summed E-state index contributed by atoms with van der Waals surface area (Å²) in [6.45, 7) is 0. The first-order valence-corrected chi connectivity index (χ1v) is 9.28. The Bertz CT molecular complexity index is 791. The van der Waals surface area contributed by atoms with Gasteiger partial charge in [-0.1, -0.05) is 47.5 Å². The van der Waals surface area contributed by atoms with Crippen LogP contribution in [0.2, 0.25) is 10.0 Å². The lowest BCUT2D eigenvalue weighted by molar-refractivity contribution is -0.117. The predicted molar refractivity (Wildman–Crippen MR) is 103 cm³/mol. The third-order valence-corrected chi connectivity index (χ3v) is 5.74. The van der Waals surface area contributed by atoms with E-state index in [2.05, 4.69) is 29.6 Å². The molecule has 0 saturated carbocycles. The molecule has 1 aliphatic rings. The van der Waals surface area contributed by atoms with Gasteiger partial charge in [-0.2, -0.15) is 0 Å². The molecule has 0 spiro atoms. The number of hydrogen-bond donors (Lipinski definition) is 2. The van der Waals surface area contributed by atoms with Crippen LogP contribution in [0.5, 0.6) is 0 Å². The van der Waals surface area contributed by atoms with Crippen molar-refractivity contribution >= 4 is 29.1 Å². The molecule has 0 bridgehead atoms. The number of hydrogen-bond acceptors (Lipinski definition) is 2. The molecule has 25 heavy (non-hydrogen) atoms. The van der Waals surface area contributed by atoms with Gasteiger partial charge in [0, 0.05) is 18.4 Å². The van der Waals surface area contributed by atoms with E-state index in [9.17, 15) is 4.79 Å². The van der Waals surface area contributed by atoms with Gasteiger partial charge in [0.05, 0.1) is 10.0 Å². The molecule has 5 heteroatoms. The van der Waals surface area contributed by atoms with E-state index < -0.39 is 0 Å². The minimum atomic E-state index is -0.271. The molecule has 2 aromatic carbocycles. The van der Waals surface area contributed by atoms with Crippen molar-refractivity contribution in [3.63, 3.8) is 0 Å². The number of nitrogens with two attached hydrogens (primary N) is 1. The van der Waals surface area contributed by atoms with Gasteiger partial charge in [-0.15, -0.1) is 0 Å². The average molecular weight is 377 g/mol. The Hall–Kier alpha value is -1.55. The second-order valence-electron chi connectivity index (χ2n) is 6.57. The predicted octanol–water partition coefficient (Wildman–Crippen LogP) is 4.60. The summed E-state index contributed by atoms with van der Waals surface area (Å²) < 4.78 is 0. The van der Waals surface area contributed by atoms with Crippen LogP contribution in [0.4, 0.5) is 0 Å². The third kappa shape index (κ3) is 4.00. The molecule has 0 radical (unpaired) electrons. The Labute approximate surface area is 158 Å². The molecule has 0 unspecified atom stereocenters. The Balaban J connectivity index is 2.00. The fourth-order valence-electron chi connectivity index (χ4n) is 3.69. The molecular weight excluding hydrogens is 355 g/mol. The number of primary amides is 1. The number of rotatable bonds is 5. The summed E-state index contributed by atoms with van der Waals surface area (Å²) in [5, 5.41) is 4.56. The summed E-state index contributed by atoms with van der Waals surface area (Å²) in [6.07, 6.45) is 3.14. The van der Waals surface area contributed by atoms with Crippen molar-refractivity contribution in [1.29, 1.82) is 0 Å². The van der Waals surface area contributed by atoms with E-state index in [4.69, 9.17) is 28.9 Å². The number of aryl methyl sites for hydroxylation is 1. The number of benzene rings is 2. The Morgan fingerprint density at radius 1 is 1.12 bits per heavy atom. The monoisotopic (exact) mass is 376 g/mol. The van der Waals surface area contributed by atoms with Crippen LogP contribution < -0.4 is 11.1 Å². The quantitative estimate of drug-likeness (QED) is 0.800. The van der Waals surface area contributed by atoms with Gasteiger partial charge in [0.25, 0.3) is 0 Å². The Morgan fingerprint density at radius 3 is 2.60 bits per heavy atom. The first-order valence-electron chi connectivity index (χ1n) is 8.53. The molecule has 0 fully saturated rings. The maximum Gasteiger partial charge on any atom is 0.217 e. The van der Waals surface area contributed by atoms with Gasteiger partial charge in [-0.3, -0.25) is 4.79 Å². The second kappa shape index (κ2) is 7.77. The lowest BCUT2D eigenvalue weighted by atomic mass is 9.76. The number of carbonyl (C=O) groups is 1. The fraction of sp³-hybridized carbons (Fsp3) is 0.350. The molecule has 3 rings (SSSR count). The molecule has 0 heterocycles. The van der Waals surface area contributed by atoms with E-state index in [-0.39, 0.29) is 11.8 Å². The standard InChI is InChI=1S/C20H22Cl2N2O/c1-24-19-8-6-14(13-4-7-17(21)18(22)11-13)16-10-12(2-5-15(16)19)3-9-20(23)25/h2,4-5,7,10-11,14,19,24H,3,6,8-9H2,1H3,(H2,23,25)/t14-,19-/m0/s1. The molecule has 132 valence electrons. The number of fused-ring (bicyclic) bond motifs is 1. The fourth-order valence-corrected chi connectivity index (χ4v) is 3.99. The van der Waals surface area contributed by atoms with Crippen molar-refractivity contribution in [3.8, 4) is 0 Å². The molecule has 0 saturated heterocycles. The van der Waals surface area contributed by atoms with Gasteiger partial charge in [0.1, 0.15) is 0 Å². The normalized spacial score (nSPS) is 19.5. The van der Waals surface area contributed by atoms with Crippen molar-refractivity contribution in [3.05, 3.63) is 68.7 Å². The van der Waals surface area contributed by atoms with E-state index in [1.165, 1.54) is 16.7 Å². The van der Waals surface area contributed by atoms with Crippen molar-refractivity contribution in [1.82, 2.24) is 5.32 Å². The average Bonchev–Trinajstić information content (AvgIpc) is 2.61. The Morgan fingerprint density at radius 2 is 1.92 bits per heavy atom.